The van der Waals surface area contributed by atoms with Gasteiger partial charge in [-0.05, 0) is 49.7 Å². The van der Waals surface area contributed by atoms with E-state index in [0.717, 1.165) is 5.56 Å². The van der Waals surface area contributed by atoms with Gasteiger partial charge in [0.2, 0.25) is 15.8 Å². The first kappa shape index (κ1) is 28.7. The van der Waals surface area contributed by atoms with Crippen molar-refractivity contribution in [1.82, 2.24) is 19.7 Å². The molecule has 0 spiro atoms. The number of nitrogens with one attached hydrogen (secondary N) is 2. The molecule has 14 heteroatoms. The highest BCUT2D eigenvalue weighted by molar-refractivity contribution is 7.92. The lowest BCUT2D eigenvalue weighted by Crippen LogP contribution is -2.28. The maximum Gasteiger partial charge on any atom is 0.280 e. The fourth-order valence-corrected chi connectivity index (χ4v) is 5.38. The Bertz CT molecular complexity index is 1680. The van der Waals surface area contributed by atoms with Gasteiger partial charge >= 0.3 is 0 Å². The van der Waals surface area contributed by atoms with Crippen LogP contribution in [0, 0.1) is 13.8 Å². The summed E-state index contributed by atoms with van der Waals surface area (Å²) in [5.41, 5.74) is 0.788. The van der Waals surface area contributed by atoms with Crippen LogP contribution in [0.2, 0.25) is 0 Å². The summed E-state index contributed by atoms with van der Waals surface area (Å²) in [7, 11) is -6.49. The maximum absolute atomic E-state index is 13.1. The normalized spacial score (nSPS) is 11.6. The molecule has 0 amide bonds. The van der Waals surface area contributed by atoms with Gasteiger partial charge in [-0.25, -0.2) is 23.1 Å². The van der Waals surface area contributed by atoms with Gasteiger partial charge in [-0.1, -0.05) is 36.4 Å². The molecule has 0 unspecified atom stereocenters. The second-order valence-corrected chi connectivity index (χ2v) is 11.7. The number of pyridine rings is 1. The number of rotatable bonds is 12. The van der Waals surface area contributed by atoms with Gasteiger partial charge in [0.25, 0.3) is 15.9 Å². The van der Waals surface area contributed by atoms with Crippen molar-refractivity contribution in [2.45, 2.75) is 23.8 Å². The number of anilines is 1. The molecule has 4 rings (SSSR count). The zero-order valence-electron chi connectivity index (χ0n) is 21.9. The minimum Gasteiger partial charge on any atom is -0.493 e. The first-order chi connectivity index (χ1) is 19.1. The van der Waals surface area contributed by atoms with Gasteiger partial charge in [0, 0.05) is 12.7 Å². The van der Waals surface area contributed by atoms with Gasteiger partial charge in [0.1, 0.15) is 12.4 Å². The number of sulfonamides is 2. The van der Waals surface area contributed by atoms with E-state index in [1.165, 1.54) is 31.5 Å². The predicted octanol–water partition coefficient (Wildman–Crippen LogP) is 3.45. The number of nitrogens with zero attached hydrogens (tertiary/aromatic N) is 3. The Morgan fingerprint density at radius 3 is 2.20 bits per heavy atom. The average Bonchev–Trinajstić information content (AvgIpc) is 2.93. The van der Waals surface area contributed by atoms with E-state index in [-0.39, 0.29) is 52.1 Å². The molecule has 0 radical (unpaired) electrons. The van der Waals surface area contributed by atoms with Gasteiger partial charge in [-0.3, -0.25) is 4.72 Å². The number of aromatic nitrogens is 3. The molecule has 0 aliphatic rings. The largest absolute Gasteiger partial charge is 0.493 e. The molecule has 0 saturated heterocycles. The number of ether oxygens (including phenoxy) is 3. The third kappa shape index (κ3) is 7.02. The predicted molar refractivity (Wildman–Crippen MR) is 147 cm³/mol. The van der Waals surface area contributed by atoms with Crippen LogP contribution >= 0.6 is 0 Å². The van der Waals surface area contributed by atoms with Crippen LogP contribution in [0.4, 0.5) is 5.82 Å². The molecule has 0 aliphatic heterocycles. The van der Waals surface area contributed by atoms with Crippen molar-refractivity contribution in [2.24, 2.45) is 0 Å². The van der Waals surface area contributed by atoms with E-state index in [2.05, 4.69) is 24.4 Å². The summed E-state index contributed by atoms with van der Waals surface area (Å²) in [6, 6.07) is 17.6. The van der Waals surface area contributed by atoms with Crippen LogP contribution in [0.5, 0.6) is 23.1 Å². The molecule has 40 heavy (non-hydrogen) atoms. The fourth-order valence-electron chi connectivity index (χ4n) is 3.41. The van der Waals surface area contributed by atoms with E-state index in [9.17, 15) is 16.8 Å². The third-order valence-electron chi connectivity index (χ3n) is 5.30. The highest BCUT2D eigenvalue weighted by atomic mass is 32.2. The molecule has 4 aromatic rings. The highest BCUT2D eigenvalue weighted by Crippen LogP contribution is 2.40. The minimum absolute atomic E-state index is 0.106. The summed E-state index contributed by atoms with van der Waals surface area (Å²) in [4.78, 5) is 12.6. The SMILES string of the molecule is COc1ccccc1Oc1c(NS(=O)(=O)c2ccc(C)cn2)nc(C)nc1OCCNS(=O)(=O)c1ccccc1. The highest BCUT2D eigenvalue weighted by Gasteiger charge is 2.25. The van der Waals surface area contributed by atoms with Crippen LogP contribution in [0.1, 0.15) is 11.4 Å². The van der Waals surface area contributed by atoms with Crippen LogP contribution in [0.25, 0.3) is 0 Å². The van der Waals surface area contributed by atoms with Crippen LogP contribution in [0.15, 0.2) is 82.8 Å². The van der Waals surface area contributed by atoms with E-state index in [0.29, 0.717) is 5.75 Å². The molecule has 0 saturated carbocycles. The number of benzene rings is 2. The van der Waals surface area contributed by atoms with E-state index in [1.54, 1.807) is 62.4 Å². The standard InChI is InChI=1S/C26H27N5O7S2/c1-18-13-14-23(27-17-18)40(34,35)31-25-24(38-22-12-8-7-11-21(22)36-3)26(30-19(2)29-25)37-16-15-28-39(32,33)20-9-5-4-6-10-20/h4-14,17,28H,15-16H2,1-3H3,(H,29,30,31). The lowest BCUT2D eigenvalue weighted by Gasteiger charge is -2.17. The Hall–Kier alpha value is -4.27. The fraction of sp³-hybridized carbons (Fsp3) is 0.192. The van der Waals surface area contributed by atoms with Gasteiger partial charge in [-0.15, -0.1) is 0 Å². The van der Waals surface area contributed by atoms with Gasteiger partial charge in [0.15, 0.2) is 22.3 Å². The molecule has 2 heterocycles. The van der Waals surface area contributed by atoms with Crippen LogP contribution in [-0.4, -0.2) is 52.0 Å². The summed E-state index contributed by atoms with van der Waals surface area (Å²) >= 11 is 0. The Morgan fingerprint density at radius 2 is 1.52 bits per heavy atom. The van der Waals surface area contributed by atoms with Crippen LogP contribution in [-0.2, 0) is 20.0 Å². The second-order valence-electron chi connectivity index (χ2n) is 8.35. The number of methoxy groups -OCH3 is 1. The van der Waals surface area contributed by atoms with E-state index >= 15 is 0 Å². The molecular weight excluding hydrogens is 558 g/mol. The molecule has 2 aromatic carbocycles. The smallest absolute Gasteiger partial charge is 0.280 e. The zero-order valence-corrected chi connectivity index (χ0v) is 23.5. The number of aryl methyl sites for hydroxylation is 2. The van der Waals surface area contributed by atoms with Crippen LogP contribution < -0.4 is 23.7 Å². The topological polar surface area (TPSA) is 159 Å². The molecular formula is C26H27N5O7S2. The third-order valence-corrected chi connectivity index (χ3v) is 8.04. The number of hydrogen-bond acceptors (Lipinski definition) is 10. The Morgan fingerprint density at radius 1 is 0.825 bits per heavy atom. The molecule has 2 aromatic heterocycles. The molecule has 0 aliphatic carbocycles. The molecule has 2 N–H and O–H groups in total. The molecule has 12 nitrogen and oxygen atoms in total. The van der Waals surface area contributed by atoms with E-state index in [4.69, 9.17) is 14.2 Å². The Balaban J connectivity index is 1.64. The van der Waals surface area contributed by atoms with Crippen molar-refractivity contribution >= 4 is 25.9 Å². The van der Waals surface area contributed by atoms with E-state index < -0.39 is 20.0 Å². The minimum atomic E-state index is -4.18. The van der Waals surface area contributed by atoms with Crippen molar-refractivity contribution in [3.05, 3.63) is 84.3 Å². The Kier molecular flexibility index (Phi) is 8.82. The first-order valence-electron chi connectivity index (χ1n) is 11.9. The second kappa shape index (κ2) is 12.3. The Labute approximate surface area is 232 Å². The molecule has 0 atom stereocenters. The molecule has 0 fully saturated rings. The van der Waals surface area contributed by atoms with E-state index in [1.807, 2.05) is 0 Å². The monoisotopic (exact) mass is 585 g/mol. The zero-order chi connectivity index (χ0) is 28.8. The maximum atomic E-state index is 13.1. The van der Waals surface area contributed by atoms with Crippen molar-refractivity contribution in [3.8, 4) is 23.1 Å². The number of hydrogen-bond donors (Lipinski definition) is 2. The summed E-state index contributed by atoms with van der Waals surface area (Å²) in [6.07, 6.45) is 1.43. The summed E-state index contributed by atoms with van der Waals surface area (Å²) < 4.78 is 73.3. The summed E-state index contributed by atoms with van der Waals surface area (Å²) in [5, 5.41) is -0.226. The average molecular weight is 586 g/mol. The van der Waals surface area contributed by atoms with Crippen LogP contribution in [0.3, 0.4) is 0 Å². The van der Waals surface area contributed by atoms with Crippen molar-refractivity contribution in [3.63, 3.8) is 0 Å². The van der Waals surface area contributed by atoms with Gasteiger partial charge in [-0.2, -0.15) is 13.4 Å². The number of para-hydroxylation sites is 2. The summed E-state index contributed by atoms with van der Waals surface area (Å²) in [5.74, 6) is 0.283. The molecule has 0 bridgehead atoms. The first-order valence-corrected chi connectivity index (χ1v) is 14.9. The van der Waals surface area contributed by atoms with Crippen molar-refractivity contribution in [1.29, 1.82) is 0 Å². The van der Waals surface area contributed by atoms with Gasteiger partial charge in [0.05, 0.1) is 12.0 Å². The quantitative estimate of drug-likeness (QED) is 0.236. The summed E-state index contributed by atoms with van der Waals surface area (Å²) in [6.45, 7) is 3.06. The van der Waals surface area contributed by atoms with Crippen molar-refractivity contribution in [2.75, 3.05) is 25.0 Å². The van der Waals surface area contributed by atoms with Gasteiger partial charge < -0.3 is 14.2 Å². The lowest BCUT2D eigenvalue weighted by molar-refractivity contribution is 0.290. The molecule has 210 valence electrons. The van der Waals surface area contributed by atoms with Crippen molar-refractivity contribution < 1.29 is 31.0 Å². The lowest BCUT2D eigenvalue weighted by atomic mass is 10.3.